The van der Waals surface area contributed by atoms with Crippen LogP contribution in [0.2, 0.25) is 0 Å². The molecule has 0 spiro atoms. The number of ether oxygens (including phenoxy) is 1. The second-order valence-corrected chi connectivity index (χ2v) is 4.29. The van der Waals surface area contributed by atoms with Crippen LogP contribution in [0.4, 0.5) is 5.69 Å². The molecule has 0 fully saturated rings. The maximum absolute atomic E-state index is 12.1. The lowest BCUT2D eigenvalue weighted by atomic mass is 10.2. The lowest BCUT2D eigenvalue weighted by Crippen LogP contribution is -2.12. The van der Waals surface area contributed by atoms with Gasteiger partial charge in [-0.15, -0.1) is 0 Å². The number of fused-ring (bicyclic) bond motifs is 1. The smallest absolute Gasteiger partial charge is 0.255 e. The fourth-order valence-corrected chi connectivity index (χ4v) is 1.94. The van der Waals surface area contributed by atoms with Crippen molar-refractivity contribution in [2.75, 3.05) is 12.4 Å². The van der Waals surface area contributed by atoms with Gasteiger partial charge in [0.05, 0.1) is 12.8 Å². The van der Waals surface area contributed by atoms with E-state index in [-0.39, 0.29) is 5.91 Å². The van der Waals surface area contributed by atoms with Crippen molar-refractivity contribution in [1.29, 1.82) is 0 Å². The highest BCUT2D eigenvalue weighted by molar-refractivity contribution is 6.04. The van der Waals surface area contributed by atoms with Crippen molar-refractivity contribution in [3.63, 3.8) is 0 Å². The minimum absolute atomic E-state index is 0.160. The first-order valence-corrected chi connectivity index (χ1v) is 6.14. The first kappa shape index (κ1) is 12.2. The summed E-state index contributed by atoms with van der Waals surface area (Å²) in [6.45, 7) is 0. The minimum Gasteiger partial charge on any atom is -0.497 e. The van der Waals surface area contributed by atoms with Gasteiger partial charge in [0.2, 0.25) is 0 Å². The highest BCUT2D eigenvalue weighted by Crippen LogP contribution is 2.14. The summed E-state index contributed by atoms with van der Waals surface area (Å²) in [5.74, 6) is 0.563. The number of hydrogen-bond donors (Lipinski definition) is 1. The Morgan fingerprint density at radius 2 is 2.00 bits per heavy atom. The molecule has 0 aliphatic carbocycles. The summed E-state index contributed by atoms with van der Waals surface area (Å²) < 4.78 is 6.92. The number of benzene rings is 1. The van der Waals surface area contributed by atoms with Gasteiger partial charge in [-0.2, -0.15) is 0 Å². The second kappa shape index (κ2) is 5.05. The van der Waals surface area contributed by atoms with Gasteiger partial charge in [0.15, 0.2) is 0 Å². The van der Waals surface area contributed by atoms with E-state index in [1.54, 1.807) is 37.6 Å². The Labute approximate surface area is 115 Å². The van der Waals surface area contributed by atoms with Gasteiger partial charge < -0.3 is 14.5 Å². The third-order valence-electron chi connectivity index (χ3n) is 3.00. The number of aromatic nitrogens is 2. The standard InChI is InChI=1S/C15H13N3O2/c1-20-13-5-2-11(3-6-13)15(19)17-12-4-7-14-16-8-9-18(14)10-12/h2-10H,1H3,(H,17,19). The average molecular weight is 267 g/mol. The van der Waals surface area contributed by atoms with E-state index in [2.05, 4.69) is 10.3 Å². The van der Waals surface area contributed by atoms with Crippen LogP contribution in [0.1, 0.15) is 10.4 Å². The number of hydrogen-bond acceptors (Lipinski definition) is 3. The van der Waals surface area contributed by atoms with E-state index < -0.39 is 0 Å². The highest BCUT2D eigenvalue weighted by atomic mass is 16.5. The molecule has 0 bridgehead atoms. The fourth-order valence-electron chi connectivity index (χ4n) is 1.94. The van der Waals surface area contributed by atoms with Gasteiger partial charge >= 0.3 is 0 Å². The van der Waals surface area contributed by atoms with Gasteiger partial charge in [-0.25, -0.2) is 4.98 Å². The van der Waals surface area contributed by atoms with Crippen LogP contribution in [0.25, 0.3) is 5.65 Å². The normalized spacial score (nSPS) is 10.4. The second-order valence-electron chi connectivity index (χ2n) is 4.29. The molecule has 100 valence electrons. The number of methoxy groups -OCH3 is 1. The van der Waals surface area contributed by atoms with E-state index in [0.717, 1.165) is 17.1 Å². The minimum atomic E-state index is -0.160. The Balaban J connectivity index is 1.80. The summed E-state index contributed by atoms with van der Waals surface area (Å²) in [5, 5.41) is 2.85. The average Bonchev–Trinajstić information content (AvgIpc) is 2.95. The first-order chi connectivity index (χ1) is 9.76. The molecule has 1 aromatic carbocycles. The first-order valence-electron chi connectivity index (χ1n) is 6.14. The lowest BCUT2D eigenvalue weighted by Gasteiger charge is -2.06. The van der Waals surface area contributed by atoms with Gasteiger partial charge in [0, 0.05) is 24.2 Å². The summed E-state index contributed by atoms with van der Waals surface area (Å²) in [5.41, 5.74) is 2.14. The predicted molar refractivity (Wildman–Crippen MR) is 76.1 cm³/mol. The Morgan fingerprint density at radius 1 is 1.20 bits per heavy atom. The van der Waals surface area contributed by atoms with Crippen molar-refractivity contribution in [3.8, 4) is 5.75 Å². The van der Waals surface area contributed by atoms with E-state index in [1.807, 2.05) is 28.9 Å². The van der Waals surface area contributed by atoms with Crippen molar-refractivity contribution in [2.45, 2.75) is 0 Å². The van der Waals surface area contributed by atoms with Crippen LogP contribution in [0, 0.1) is 0 Å². The third-order valence-corrected chi connectivity index (χ3v) is 3.00. The Morgan fingerprint density at radius 3 is 2.75 bits per heavy atom. The van der Waals surface area contributed by atoms with E-state index in [4.69, 9.17) is 4.74 Å². The Kier molecular flexibility index (Phi) is 3.09. The number of imidazole rings is 1. The van der Waals surface area contributed by atoms with Crippen LogP contribution in [0.5, 0.6) is 5.75 Å². The van der Waals surface area contributed by atoms with E-state index >= 15 is 0 Å². The van der Waals surface area contributed by atoms with Crippen LogP contribution >= 0.6 is 0 Å². The molecule has 20 heavy (non-hydrogen) atoms. The molecule has 3 aromatic rings. The Bertz CT molecular complexity index is 747. The van der Waals surface area contributed by atoms with E-state index in [1.165, 1.54) is 0 Å². The summed E-state index contributed by atoms with van der Waals surface area (Å²) >= 11 is 0. The summed E-state index contributed by atoms with van der Waals surface area (Å²) in [7, 11) is 1.59. The quantitative estimate of drug-likeness (QED) is 0.793. The molecule has 0 aliphatic heterocycles. The van der Waals surface area contributed by atoms with Gasteiger partial charge in [0.25, 0.3) is 5.91 Å². The number of anilines is 1. The van der Waals surface area contributed by atoms with Gasteiger partial charge in [-0.1, -0.05) is 0 Å². The summed E-state index contributed by atoms with van der Waals surface area (Å²) in [6.07, 6.45) is 5.37. The van der Waals surface area contributed by atoms with Gasteiger partial charge in [-0.05, 0) is 36.4 Å². The predicted octanol–water partition coefficient (Wildman–Crippen LogP) is 2.60. The molecule has 0 saturated heterocycles. The molecule has 1 amide bonds. The van der Waals surface area contributed by atoms with Crippen LogP contribution in [-0.2, 0) is 0 Å². The van der Waals surface area contributed by atoms with Crippen LogP contribution in [0.15, 0.2) is 55.0 Å². The largest absolute Gasteiger partial charge is 0.497 e. The third kappa shape index (κ3) is 2.33. The highest BCUT2D eigenvalue weighted by Gasteiger charge is 2.06. The van der Waals surface area contributed by atoms with E-state index in [9.17, 15) is 4.79 Å². The molecule has 0 unspecified atom stereocenters. The lowest BCUT2D eigenvalue weighted by molar-refractivity contribution is 0.102. The van der Waals surface area contributed by atoms with Crippen molar-refractivity contribution >= 4 is 17.2 Å². The SMILES string of the molecule is COc1ccc(C(=O)Nc2ccc3nccn3c2)cc1. The number of carbonyl (C=O) groups is 1. The molecule has 5 heteroatoms. The fraction of sp³-hybridized carbons (Fsp3) is 0.0667. The Hall–Kier alpha value is -2.82. The molecule has 0 saturated carbocycles. The molecule has 5 nitrogen and oxygen atoms in total. The van der Waals surface area contributed by atoms with Gasteiger partial charge in [0.1, 0.15) is 11.4 Å². The number of carbonyl (C=O) groups excluding carboxylic acids is 1. The molecule has 0 aliphatic rings. The van der Waals surface area contributed by atoms with E-state index in [0.29, 0.717) is 5.56 Å². The summed E-state index contributed by atoms with van der Waals surface area (Å²) in [6, 6.07) is 10.6. The maximum atomic E-state index is 12.1. The van der Waals surface area contributed by atoms with Crippen molar-refractivity contribution in [2.24, 2.45) is 0 Å². The topological polar surface area (TPSA) is 55.6 Å². The van der Waals surface area contributed by atoms with Crippen molar-refractivity contribution in [3.05, 3.63) is 60.6 Å². The van der Waals surface area contributed by atoms with Crippen molar-refractivity contribution in [1.82, 2.24) is 9.38 Å². The number of pyridine rings is 1. The zero-order valence-corrected chi connectivity index (χ0v) is 10.9. The van der Waals surface area contributed by atoms with Crippen LogP contribution in [0.3, 0.4) is 0 Å². The number of nitrogens with zero attached hydrogens (tertiary/aromatic N) is 2. The molecule has 2 aromatic heterocycles. The van der Waals surface area contributed by atoms with Gasteiger partial charge in [-0.3, -0.25) is 4.79 Å². The number of rotatable bonds is 3. The molecule has 1 N–H and O–H groups in total. The molecular weight excluding hydrogens is 254 g/mol. The zero-order chi connectivity index (χ0) is 13.9. The number of amides is 1. The van der Waals surface area contributed by atoms with Crippen LogP contribution < -0.4 is 10.1 Å². The molecule has 2 heterocycles. The number of nitrogens with one attached hydrogen (secondary N) is 1. The zero-order valence-electron chi connectivity index (χ0n) is 10.9. The summed E-state index contributed by atoms with van der Waals surface area (Å²) in [4.78, 5) is 16.3. The maximum Gasteiger partial charge on any atom is 0.255 e. The monoisotopic (exact) mass is 267 g/mol. The molecular formula is C15H13N3O2. The molecule has 0 atom stereocenters. The molecule has 0 radical (unpaired) electrons. The van der Waals surface area contributed by atoms with Crippen LogP contribution in [-0.4, -0.2) is 22.4 Å². The molecule has 3 rings (SSSR count). The van der Waals surface area contributed by atoms with Crippen molar-refractivity contribution < 1.29 is 9.53 Å².